The molecule has 0 radical (unpaired) electrons. The van der Waals surface area contributed by atoms with Crippen molar-refractivity contribution in [3.8, 4) is 11.3 Å². The van der Waals surface area contributed by atoms with E-state index in [0.717, 1.165) is 18.0 Å². The van der Waals surface area contributed by atoms with Gasteiger partial charge in [0, 0.05) is 0 Å². The Morgan fingerprint density at radius 3 is 2.90 bits per heavy atom. The van der Waals surface area contributed by atoms with Gasteiger partial charge in [0.1, 0.15) is 0 Å². The zero-order chi connectivity index (χ0) is 15.0. The molecule has 0 unspecified atom stereocenters. The molecule has 3 rings (SSSR count). The predicted octanol–water partition coefficient (Wildman–Crippen LogP) is 2.31. The molecule has 3 nitrogen and oxygen atoms in total. The summed E-state index contributed by atoms with van der Waals surface area (Å²) in [6.45, 7) is 5.75. The van der Waals surface area contributed by atoms with Crippen LogP contribution in [0.3, 0.4) is 0 Å². The maximum atomic E-state index is 4.55. The summed E-state index contributed by atoms with van der Waals surface area (Å²) in [5.74, 6) is 1.13. The molecule has 0 saturated carbocycles. The van der Waals surface area contributed by atoms with Crippen molar-refractivity contribution in [1.29, 1.82) is 0 Å². The Hall–Kier alpha value is -0.741. The number of rotatable bonds is 4. The van der Waals surface area contributed by atoms with Crippen LogP contribution in [0.25, 0.3) is 11.3 Å². The van der Waals surface area contributed by atoms with E-state index in [1.165, 1.54) is 20.6 Å². The van der Waals surface area contributed by atoms with E-state index in [1.807, 2.05) is 18.1 Å². The molecule has 2 heterocycles. The van der Waals surface area contributed by atoms with Crippen LogP contribution in [0.4, 0.5) is 0 Å². The Bertz CT molecular complexity index is 649. The summed E-state index contributed by atoms with van der Waals surface area (Å²) in [6.07, 6.45) is 1.83. The van der Waals surface area contributed by atoms with Crippen LogP contribution < -0.4 is 4.46 Å². The molecule has 1 aliphatic rings. The third-order valence-corrected chi connectivity index (χ3v) is 7.26. The van der Waals surface area contributed by atoms with Gasteiger partial charge >= 0.3 is 137 Å². The fourth-order valence-corrected chi connectivity index (χ4v) is 6.39. The summed E-state index contributed by atoms with van der Waals surface area (Å²) in [6, 6.07) is 6.88. The monoisotopic (exact) mass is 367 g/mol. The van der Waals surface area contributed by atoms with E-state index >= 15 is 0 Å². The summed E-state index contributed by atoms with van der Waals surface area (Å²) in [7, 11) is 4.25. The molecule has 0 aliphatic carbocycles. The quantitative estimate of drug-likeness (QED) is 0.666. The van der Waals surface area contributed by atoms with Gasteiger partial charge in [-0.15, -0.1) is 0 Å². The van der Waals surface area contributed by atoms with Crippen LogP contribution >= 0.6 is 11.8 Å². The number of hydrogen-bond acceptors (Lipinski definition) is 3. The summed E-state index contributed by atoms with van der Waals surface area (Å²) in [5, 5.41) is 0. The van der Waals surface area contributed by atoms with E-state index in [2.05, 4.69) is 61.0 Å². The molecular weight excluding hydrogens is 345 g/mol. The molecule has 2 aromatic rings. The minimum absolute atomic E-state index is 0.193. The molecular formula is C16H21N3SSe. The number of fused-ring (bicyclic) bond motifs is 3. The van der Waals surface area contributed by atoms with E-state index in [-0.39, 0.29) is 4.31 Å². The number of imidazole rings is 1. The summed E-state index contributed by atoms with van der Waals surface area (Å²) >= 11 is 2.38. The molecule has 1 aromatic heterocycles. The van der Waals surface area contributed by atoms with Gasteiger partial charge in [0.05, 0.1) is 0 Å². The fourth-order valence-electron chi connectivity index (χ4n) is 2.50. The fraction of sp³-hybridized carbons (Fsp3) is 0.438. The summed E-state index contributed by atoms with van der Waals surface area (Å²) < 4.78 is 1.68. The van der Waals surface area contributed by atoms with Crippen molar-refractivity contribution in [2.45, 2.75) is 23.1 Å². The van der Waals surface area contributed by atoms with E-state index in [9.17, 15) is 0 Å². The second-order valence-electron chi connectivity index (χ2n) is 6.05. The Morgan fingerprint density at radius 2 is 2.14 bits per heavy atom. The van der Waals surface area contributed by atoms with Gasteiger partial charge in [0.25, 0.3) is 0 Å². The second-order valence-corrected chi connectivity index (χ2v) is 10.7. The minimum atomic E-state index is 0.193. The van der Waals surface area contributed by atoms with Crippen LogP contribution in [0.2, 0.25) is 0 Å². The first-order chi connectivity index (χ1) is 9.97. The van der Waals surface area contributed by atoms with Crippen molar-refractivity contribution in [3.63, 3.8) is 0 Å². The molecule has 1 aromatic carbocycles. The summed E-state index contributed by atoms with van der Waals surface area (Å²) in [4.78, 5) is 11.5. The van der Waals surface area contributed by atoms with Crippen molar-refractivity contribution in [2.24, 2.45) is 0 Å². The Morgan fingerprint density at radius 1 is 1.33 bits per heavy atom. The first kappa shape index (κ1) is 15.2. The molecule has 5 heteroatoms. The second kappa shape index (κ2) is 5.80. The van der Waals surface area contributed by atoms with E-state index in [4.69, 9.17) is 0 Å². The molecule has 112 valence electrons. The van der Waals surface area contributed by atoms with E-state index in [1.54, 1.807) is 0 Å². The van der Waals surface area contributed by atoms with Gasteiger partial charge in [-0.2, -0.15) is 0 Å². The molecule has 1 N–H and O–H groups in total. The number of nitrogens with zero attached hydrogens (tertiary/aromatic N) is 2. The SMILES string of the molecule is CN(C)CCSc1ccc2c(c1)[Se]C(C)(C)c1[nH]cnc1-2. The van der Waals surface area contributed by atoms with Crippen LogP contribution in [0.5, 0.6) is 0 Å². The van der Waals surface area contributed by atoms with Crippen LogP contribution in [-0.2, 0) is 4.31 Å². The molecule has 0 atom stereocenters. The number of H-pyrrole nitrogens is 1. The van der Waals surface area contributed by atoms with Gasteiger partial charge in [0.2, 0.25) is 0 Å². The van der Waals surface area contributed by atoms with Crippen molar-refractivity contribution in [2.75, 3.05) is 26.4 Å². The zero-order valence-electron chi connectivity index (χ0n) is 12.9. The number of aromatic nitrogens is 2. The van der Waals surface area contributed by atoms with Crippen molar-refractivity contribution < 1.29 is 0 Å². The third-order valence-electron chi connectivity index (χ3n) is 3.62. The van der Waals surface area contributed by atoms with E-state index < -0.39 is 0 Å². The first-order valence-corrected chi connectivity index (χ1v) is 9.82. The maximum absolute atomic E-state index is 4.55. The van der Waals surface area contributed by atoms with Gasteiger partial charge < -0.3 is 0 Å². The van der Waals surface area contributed by atoms with Gasteiger partial charge in [-0.25, -0.2) is 0 Å². The average Bonchev–Trinajstić information content (AvgIpc) is 2.88. The normalized spacial score (nSPS) is 15.9. The number of nitrogens with one attached hydrogen (secondary N) is 1. The van der Waals surface area contributed by atoms with Crippen LogP contribution in [0.15, 0.2) is 29.4 Å². The standard InChI is InChI=1S/C16H21N3SSe/c1-16(2)15-14(17-10-18-15)12-6-5-11(9-13(12)21-16)20-8-7-19(3)4/h5-6,9-10H,7-8H2,1-4H3,(H,17,18). The van der Waals surface area contributed by atoms with Crippen LogP contribution in [0.1, 0.15) is 19.5 Å². The molecule has 21 heavy (non-hydrogen) atoms. The van der Waals surface area contributed by atoms with Crippen LogP contribution in [-0.4, -0.2) is 56.2 Å². The van der Waals surface area contributed by atoms with Gasteiger partial charge in [-0.05, 0) is 0 Å². The molecule has 0 bridgehead atoms. The third kappa shape index (κ3) is 3.07. The molecule has 0 spiro atoms. The van der Waals surface area contributed by atoms with Gasteiger partial charge in [-0.1, -0.05) is 0 Å². The Labute approximate surface area is 137 Å². The Balaban J connectivity index is 1.87. The van der Waals surface area contributed by atoms with Crippen molar-refractivity contribution in [1.82, 2.24) is 14.9 Å². The zero-order valence-corrected chi connectivity index (χ0v) is 15.5. The number of benzene rings is 1. The molecule has 0 fully saturated rings. The average molecular weight is 366 g/mol. The van der Waals surface area contributed by atoms with Crippen molar-refractivity contribution >= 4 is 31.2 Å². The first-order valence-electron chi connectivity index (χ1n) is 7.12. The number of thioether (sulfide) groups is 1. The number of hydrogen-bond donors (Lipinski definition) is 1. The molecule has 0 amide bonds. The summed E-state index contributed by atoms with van der Waals surface area (Å²) in [5.41, 5.74) is 3.76. The topological polar surface area (TPSA) is 31.9 Å². The Kier molecular flexibility index (Phi) is 4.19. The van der Waals surface area contributed by atoms with Gasteiger partial charge in [-0.3, -0.25) is 0 Å². The van der Waals surface area contributed by atoms with Gasteiger partial charge in [0.15, 0.2) is 0 Å². The van der Waals surface area contributed by atoms with Crippen molar-refractivity contribution in [3.05, 3.63) is 30.2 Å². The molecule has 0 saturated heterocycles. The van der Waals surface area contributed by atoms with E-state index in [0.29, 0.717) is 15.0 Å². The predicted molar refractivity (Wildman–Crippen MR) is 91.7 cm³/mol. The number of aromatic amines is 1. The van der Waals surface area contributed by atoms with Crippen LogP contribution in [0, 0.1) is 0 Å². The molecule has 1 aliphatic heterocycles.